The summed E-state index contributed by atoms with van der Waals surface area (Å²) in [5, 5.41) is 8.14. The minimum Gasteiger partial charge on any atom is -0.361 e. The van der Waals surface area contributed by atoms with Gasteiger partial charge in [0.2, 0.25) is 5.89 Å². The van der Waals surface area contributed by atoms with E-state index in [0.29, 0.717) is 11.9 Å². The Morgan fingerprint density at radius 3 is 2.67 bits per heavy atom. The van der Waals surface area contributed by atoms with Gasteiger partial charge in [-0.15, -0.1) is 0 Å². The number of aromatic nitrogens is 3. The molecule has 0 aliphatic carbocycles. The first-order valence-electron chi connectivity index (χ1n) is 8.61. The first-order chi connectivity index (χ1) is 11.4. The Balaban J connectivity index is 1.54. The van der Waals surface area contributed by atoms with Gasteiger partial charge >= 0.3 is 0 Å². The van der Waals surface area contributed by atoms with Crippen LogP contribution in [0.5, 0.6) is 0 Å². The van der Waals surface area contributed by atoms with Gasteiger partial charge in [-0.25, -0.2) is 0 Å². The molecule has 132 valence electrons. The first-order valence-corrected chi connectivity index (χ1v) is 8.61. The maximum atomic E-state index is 5.29. The molecule has 2 aromatic rings. The van der Waals surface area contributed by atoms with E-state index in [1.54, 1.807) is 0 Å². The normalized spacial score (nSPS) is 19.0. The van der Waals surface area contributed by atoms with Gasteiger partial charge in [0.05, 0.1) is 12.2 Å². The standard InChI is InChI=1S/C17H27N5O2/c1-11(2)17-18-16(20-24-17)10-21(5)14-6-7-22(8-14)9-15-12(3)19-23-13(15)4/h11,14H,6-10H2,1-5H3/t14-/m1/s1. The maximum absolute atomic E-state index is 5.29. The zero-order valence-corrected chi connectivity index (χ0v) is 15.2. The van der Waals surface area contributed by atoms with Crippen molar-refractivity contribution in [3.8, 4) is 0 Å². The van der Waals surface area contributed by atoms with E-state index in [1.165, 1.54) is 5.56 Å². The van der Waals surface area contributed by atoms with E-state index in [9.17, 15) is 0 Å². The number of hydrogen-bond donors (Lipinski definition) is 0. The van der Waals surface area contributed by atoms with Gasteiger partial charge in [-0.2, -0.15) is 4.98 Å². The number of nitrogens with zero attached hydrogens (tertiary/aromatic N) is 5. The van der Waals surface area contributed by atoms with Crippen LogP contribution < -0.4 is 0 Å². The van der Waals surface area contributed by atoms with Gasteiger partial charge in [0.25, 0.3) is 0 Å². The van der Waals surface area contributed by atoms with Crippen molar-refractivity contribution < 1.29 is 9.05 Å². The van der Waals surface area contributed by atoms with Crippen molar-refractivity contribution in [3.05, 3.63) is 28.7 Å². The number of likely N-dealkylation sites (tertiary alicyclic amines) is 1. The molecule has 0 saturated carbocycles. The van der Waals surface area contributed by atoms with E-state index in [-0.39, 0.29) is 5.92 Å². The molecule has 7 heteroatoms. The smallest absolute Gasteiger partial charge is 0.229 e. The highest BCUT2D eigenvalue weighted by atomic mass is 16.5. The topological polar surface area (TPSA) is 71.4 Å². The summed E-state index contributed by atoms with van der Waals surface area (Å²) in [6, 6.07) is 0.506. The van der Waals surface area contributed by atoms with E-state index < -0.39 is 0 Å². The highest BCUT2D eigenvalue weighted by molar-refractivity contribution is 5.20. The van der Waals surface area contributed by atoms with Gasteiger partial charge in [0.15, 0.2) is 5.82 Å². The summed E-state index contributed by atoms with van der Waals surface area (Å²) in [5.74, 6) is 2.68. The van der Waals surface area contributed by atoms with Crippen molar-refractivity contribution in [3.63, 3.8) is 0 Å². The molecule has 0 bridgehead atoms. The first kappa shape index (κ1) is 17.1. The predicted molar refractivity (Wildman–Crippen MR) is 89.5 cm³/mol. The molecule has 0 aromatic carbocycles. The predicted octanol–water partition coefficient (Wildman–Crippen LogP) is 2.50. The van der Waals surface area contributed by atoms with Crippen LogP contribution in [0.15, 0.2) is 9.05 Å². The third-order valence-corrected chi connectivity index (χ3v) is 4.80. The molecule has 2 aromatic heterocycles. The van der Waals surface area contributed by atoms with Crippen LogP contribution in [0, 0.1) is 13.8 Å². The summed E-state index contributed by atoms with van der Waals surface area (Å²) in [6.07, 6.45) is 1.15. The Morgan fingerprint density at radius 1 is 1.25 bits per heavy atom. The number of rotatable bonds is 6. The zero-order chi connectivity index (χ0) is 17.3. The second-order valence-corrected chi connectivity index (χ2v) is 7.10. The van der Waals surface area contributed by atoms with Crippen LogP contribution in [-0.4, -0.2) is 51.3 Å². The SMILES string of the molecule is Cc1noc(C)c1CN1CC[C@@H](N(C)Cc2noc(C(C)C)n2)C1. The van der Waals surface area contributed by atoms with Crippen molar-refractivity contribution in [1.82, 2.24) is 25.1 Å². The lowest BCUT2D eigenvalue weighted by Crippen LogP contribution is -2.34. The van der Waals surface area contributed by atoms with Gasteiger partial charge in [-0.1, -0.05) is 24.2 Å². The summed E-state index contributed by atoms with van der Waals surface area (Å²) >= 11 is 0. The molecule has 1 fully saturated rings. The van der Waals surface area contributed by atoms with Gasteiger partial charge < -0.3 is 9.05 Å². The van der Waals surface area contributed by atoms with Crippen molar-refractivity contribution in [2.45, 2.75) is 59.2 Å². The lowest BCUT2D eigenvalue weighted by Gasteiger charge is -2.23. The van der Waals surface area contributed by atoms with Gasteiger partial charge in [-0.05, 0) is 27.3 Å². The fourth-order valence-corrected chi connectivity index (χ4v) is 3.19. The maximum Gasteiger partial charge on any atom is 0.229 e. The van der Waals surface area contributed by atoms with Crippen molar-refractivity contribution in [2.24, 2.45) is 0 Å². The monoisotopic (exact) mass is 333 g/mol. The number of hydrogen-bond acceptors (Lipinski definition) is 7. The van der Waals surface area contributed by atoms with Crippen LogP contribution in [0.3, 0.4) is 0 Å². The molecule has 1 atom stereocenters. The zero-order valence-electron chi connectivity index (χ0n) is 15.2. The van der Waals surface area contributed by atoms with E-state index >= 15 is 0 Å². The minimum absolute atomic E-state index is 0.272. The van der Waals surface area contributed by atoms with Crippen LogP contribution in [0.25, 0.3) is 0 Å². The van der Waals surface area contributed by atoms with Crippen LogP contribution in [0.4, 0.5) is 0 Å². The molecular formula is C17H27N5O2. The van der Waals surface area contributed by atoms with E-state index in [1.807, 2.05) is 13.8 Å². The summed E-state index contributed by atoms with van der Waals surface area (Å²) in [4.78, 5) is 9.25. The van der Waals surface area contributed by atoms with Crippen molar-refractivity contribution in [1.29, 1.82) is 0 Å². The average molecular weight is 333 g/mol. The molecule has 24 heavy (non-hydrogen) atoms. The molecule has 3 rings (SSSR count). The van der Waals surface area contributed by atoms with Crippen molar-refractivity contribution in [2.75, 3.05) is 20.1 Å². The Hall–Kier alpha value is -1.73. The summed E-state index contributed by atoms with van der Waals surface area (Å²) < 4.78 is 10.6. The van der Waals surface area contributed by atoms with Crippen molar-refractivity contribution >= 4 is 0 Å². The molecule has 7 nitrogen and oxygen atoms in total. The Bertz CT molecular complexity index is 659. The fraction of sp³-hybridized carbons (Fsp3) is 0.706. The fourth-order valence-electron chi connectivity index (χ4n) is 3.19. The molecule has 1 saturated heterocycles. The van der Waals surface area contributed by atoms with Gasteiger partial charge in [0, 0.05) is 37.2 Å². The molecular weight excluding hydrogens is 306 g/mol. The number of likely N-dealkylation sites (N-methyl/N-ethyl adjacent to an activating group) is 1. The molecule has 0 radical (unpaired) electrons. The number of aryl methyl sites for hydroxylation is 2. The molecule has 0 amide bonds. The van der Waals surface area contributed by atoms with Crippen LogP contribution in [-0.2, 0) is 13.1 Å². The van der Waals surface area contributed by atoms with E-state index in [2.05, 4.69) is 46.0 Å². The lowest BCUT2D eigenvalue weighted by molar-refractivity contribution is 0.215. The minimum atomic E-state index is 0.272. The molecule has 3 heterocycles. The van der Waals surface area contributed by atoms with Crippen LogP contribution in [0.2, 0.25) is 0 Å². The molecule has 0 spiro atoms. The Kier molecular flexibility index (Phi) is 5.01. The van der Waals surface area contributed by atoms with Gasteiger partial charge in [0.1, 0.15) is 5.76 Å². The summed E-state index contributed by atoms with van der Waals surface area (Å²) in [7, 11) is 2.13. The lowest BCUT2D eigenvalue weighted by atomic mass is 10.2. The van der Waals surface area contributed by atoms with E-state index in [0.717, 1.165) is 49.9 Å². The highest BCUT2D eigenvalue weighted by Gasteiger charge is 2.28. The third kappa shape index (κ3) is 3.67. The molecule has 0 N–H and O–H groups in total. The Labute approximate surface area is 143 Å². The largest absolute Gasteiger partial charge is 0.361 e. The Morgan fingerprint density at radius 2 is 2.04 bits per heavy atom. The second kappa shape index (κ2) is 7.03. The van der Waals surface area contributed by atoms with Gasteiger partial charge in [-0.3, -0.25) is 9.80 Å². The highest BCUT2D eigenvalue weighted by Crippen LogP contribution is 2.21. The second-order valence-electron chi connectivity index (χ2n) is 7.10. The summed E-state index contributed by atoms with van der Waals surface area (Å²) in [5.41, 5.74) is 2.22. The quantitative estimate of drug-likeness (QED) is 0.804. The third-order valence-electron chi connectivity index (χ3n) is 4.80. The average Bonchev–Trinajstić information content (AvgIpc) is 3.24. The summed E-state index contributed by atoms with van der Waals surface area (Å²) in [6.45, 7) is 11.9. The molecule has 1 aliphatic rings. The van der Waals surface area contributed by atoms with Crippen LogP contribution in [0.1, 0.15) is 54.9 Å². The molecule has 1 aliphatic heterocycles. The molecule has 0 unspecified atom stereocenters. The van der Waals surface area contributed by atoms with Crippen LogP contribution >= 0.6 is 0 Å². The van der Waals surface area contributed by atoms with E-state index in [4.69, 9.17) is 9.05 Å².